The van der Waals surface area contributed by atoms with Crippen molar-refractivity contribution in [1.29, 1.82) is 0 Å². The zero-order valence-electron chi connectivity index (χ0n) is 20.5. The summed E-state index contributed by atoms with van der Waals surface area (Å²) in [4.78, 5) is 32.6. The third-order valence-electron chi connectivity index (χ3n) is 5.69. The second-order valence-corrected chi connectivity index (χ2v) is 9.40. The van der Waals surface area contributed by atoms with Crippen LogP contribution >= 0.6 is 11.8 Å². The Morgan fingerprint density at radius 2 is 1.69 bits per heavy atom. The number of carbonyl (C=O) groups is 2. The van der Waals surface area contributed by atoms with E-state index in [1.54, 1.807) is 23.2 Å². The van der Waals surface area contributed by atoms with E-state index in [1.807, 2.05) is 61.5 Å². The standard InChI is InChI=1S/C29H30N4O2S/c1-3-31-25-15-14-24(21(2)34)18-26(25)32-29-33(20-23-12-8-5-9-13-23)28(35)27(36-29)19-30-17-16-22-10-6-4-7-11-22/h4-15,18-19,30-31H,3,16-17,20H2,1-2H3/b27-19+,32-29+. The molecule has 4 rings (SSSR count). The minimum Gasteiger partial charge on any atom is -0.389 e. The van der Waals surface area contributed by atoms with Gasteiger partial charge in [0.05, 0.1) is 22.8 Å². The molecule has 0 aromatic heterocycles. The maximum Gasteiger partial charge on any atom is 0.268 e. The van der Waals surface area contributed by atoms with Crippen molar-refractivity contribution in [2.45, 2.75) is 26.8 Å². The van der Waals surface area contributed by atoms with Crippen LogP contribution in [-0.4, -0.2) is 34.8 Å². The van der Waals surface area contributed by atoms with Crippen LogP contribution in [0.5, 0.6) is 0 Å². The first kappa shape index (κ1) is 25.3. The van der Waals surface area contributed by atoms with Gasteiger partial charge in [0, 0.05) is 24.9 Å². The van der Waals surface area contributed by atoms with Gasteiger partial charge in [0.1, 0.15) is 0 Å². The number of hydrogen-bond acceptors (Lipinski definition) is 6. The van der Waals surface area contributed by atoms with Crippen LogP contribution in [0.1, 0.15) is 35.3 Å². The molecule has 0 bridgehead atoms. The predicted octanol–water partition coefficient (Wildman–Crippen LogP) is 5.76. The number of anilines is 1. The molecule has 1 saturated heterocycles. The first-order valence-electron chi connectivity index (χ1n) is 12.0. The highest BCUT2D eigenvalue weighted by Crippen LogP contribution is 2.36. The molecule has 3 aromatic carbocycles. The molecule has 0 saturated carbocycles. The van der Waals surface area contributed by atoms with Crippen LogP contribution in [0.2, 0.25) is 0 Å². The molecule has 1 aliphatic rings. The summed E-state index contributed by atoms with van der Waals surface area (Å²) >= 11 is 1.34. The lowest BCUT2D eigenvalue weighted by Crippen LogP contribution is -2.28. The Kier molecular flexibility index (Phi) is 8.57. The molecular weight excluding hydrogens is 468 g/mol. The number of amidine groups is 1. The fourth-order valence-electron chi connectivity index (χ4n) is 3.81. The summed E-state index contributed by atoms with van der Waals surface area (Å²) in [5.41, 5.74) is 4.29. The SMILES string of the molecule is CCNc1ccc(C(C)=O)cc1/N=C1/S/C(=C/NCCc2ccccc2)C(=O)N1Cc1ccccc1. The normalized spacial score (nSPS) is 15.5. The van der Waals surface area contributed by atoms with E-state index in [1.165, 1.54) is 24.2 Å². The van der Waals surface area contributed by atoms with E-state index in [-0.39, 0.29) is 11.7 Å². The number of nitrogens with one attached hydrogen (secondary N) is 2. The fourth-order valence-corrected chi connectivity index (χ4v) is 4.75. The second kappa shape index (κ2) is 12.2. The van der Waals surface area contributed by atoms with Crippen LogP contribution < -0.4 is 10.6 Å². The molecule has 0 atom stereocenters. The maximum atomic E-state index is 13.4. The topological polar surface area (TPSA) is 73.8 Å². The third kappa shape index (κ3) is 6.43. The van der Waals surface area contributed by atoms with Gasteiger partial charge in [0.25, 0.3) is 5.91 Å². The molecule has 0 spiro atoms. The van der Waals surface area contributed by atoms with Crippen LogP contribution in [0.15, 0.2) is 95.0 Å². The average Bonchev–Trinajstić information content (AvgIpc) is 3.18. The fraction of sp³-hybridized carbons (Fsp3) is 0.207. The number of rotatable bonds is 10. The van der Waals surface area contributed by atoms with Gasteiger partial charge in [0.15, 0.2) is 11.0 Å². The molecule has 1 aliphatic heterocycles. The lowest BCUT2D eigenvalue weighted by Gasteiger charge is -2.16. The molecule has 1 fully saturated rings. The van der Waals surface area contributed by atoms with Gasteiger partial charge in [-0.15, -0.1) is 0 Å². The van der Waals surface area contributed by atoms with Crippen LogP contribution in [0.3, 0.4) is 0 Å². The highest BCUT2D eigenvalue weighted by molar-refractivity contribution is 8.18. The molecule has 1 heterocycles. The number of benzene rings is 3. The van der Waals surface area contributed by atoms with Gasteiger partial charge in [-0.3, -0.25) is 14.5 Å². The van der Waals surface area contributed by atoms with Gasteiger partial charge < -0.3 is 10.6 Å². The summed E-state index contributed by atoms with van der Waals surface area (Å²) in [7, 11) is 0. The largest absolute Gasteiger partial charge is 0.389 e. The van der Waals surface area contributed by atoms with Crippen molar-refractivity contribution in [3.63, 3.8) is 0 Å². The smallest absolute Gasteiger partial charge is 0.268 e. The maximum absolute atomic E-state index is 13.4. The van der Waals surface area contributed by atoms with Crippen molar-refractivity contribution in [3.8, 4) is 0 Å². The Morgan fingerprint density at radius 1 is 1.00 bits per heavy atom. The summed E-state index contributed by atoms with van der Waals surface area (Å²) in [6.07, 6.45) is 2.65. The van der Waals surface area contributed by atoms with Gasteiger partial charge in [-0.05, 0) is 61.4 Å². The molecule has 7 heteroatoms. The average molecular weight is 499 g/mol. The van der Waals surface area contributed by atoms with Crippen LogP contribution in [0.25, 0.3) is 0 Å². The summed E-state index contributed by atoms with van der Waals surface area (Å²) in [6, 6.07) is 25.5. The molecule has 6 nitrogen and oxygen atoms in total. The van der Waals surface area contributed by atoms with E-state index in [9.17, 15) is 9.59 Å². The van der Waals surface area contributed by atoms with Gasteiger partial charge in [-0.1, -0.05) is 60.7 Å². The number of thioether (sulfide) groups is 1. The van der Waals surface area contributed by atoms with Gasteiger partial charge >= 0.3 is 0 Å². The summed E-state index contributed by atoms with van der Waals surface area (Å²) in [6.45, 7) is 5.39. The Bertz CT molecular complexity index is 1270. The molecule has 0 aliphatic carbocycles. The number of amides is 1. The second-order valence-electron chi connectivity index (χ2n) is 8.39. The first-order chi connectivity index (χ1) is 17.5. The molecule has 3 aromatic rings. The van der Waals surface area contributed by atoms with E-state index in [0.717, 1.165) is 24.2 Å². The van der Waals surface area contributed by atoms with Crippen molar-refractivity contribution < 1.29 is 9.59 Å². The predicted molar refractivity (Wildman–Crippen MR) is 149 cm³/mol. The van der Waals surface area contributed by atoms with Crippen LogP contribution in [-0.2, 0) is 17.8 Å². The third-order valence-corrected chi connectivity index (χ3v) is 6.70. The van der Waals surface area contributed by atoms with Crippen molar-refractivity contribution in [3.05, 3.63) is 107 Å². The minimum atomic E-state index is -0.0949. The number of nitrogens with zero attached hydrogens (tertiary/aromatic N) is 2. The quantitative estimate of drug-likeness (QED) is 0.211. The Balaban J connectivity index is 1.61. The van der Waals surface area contributed by atoms with E-state index >= 15 is 0 Å². The number of aliphatic imine (C=N–C) groups is 1. The minimum absolute atomic E-state index is 0.0287. The van der Waals surface area contributed by atoms with Gasteiger partial charge in [0.2, 0.25) is 0 Å². The summed E-state index contributed by atoms with van der Waals surface area (Å²) in [5.74, 6) is -0.124. The van der Waals surface area contributed by atoms with Gasteiger partial charge in [-0.25, -0.2) is 4.99 Å². The zero-order valence-corrected chi connectivity index (χ0v) is 21.3. The molecular formula is C29H30N4O2S. The Labute approximate surface area is 216 Å². The lowest BCUT2D eigenvalue weighted by atomic mass is 10.1. The summed E-state index contributed by atoms with van der Waals surface area (Å²) in [5, 5.41) is 7.17. The number of carbonyl (C=O) groups excluding carboxylic acids is 2. The zero-order chi connectivity index (χ0) is 25.3. The molecule has 2 N–H and O–H groups in total. The van der Waals surface area contributed by atoms with Crippen molar-refractivity contribution in [2.24, 2.45) is 4.99 Å². The highest BCUT2D eigenvalue weighted by Gasteiger charge is 2.33. The van der Waals surface area contributed by atoms with E-state index in [4.69, 9.17) is 4.99 Å². The number of ketones is 1. The Hall–Kier alpha value is -3.84. The first-order valence-corrected chi connectivity index (χ1v) is 12.9. The Morgan fingerprint density at radius 3 is 2.36 bits per heavy atom. The van der Waals surface area contributed by atoms with E-state index in [0.29, 0.717) is 34.4 Å². The van der Waals surface area contributed by atoms with Crippen molar-refractivity contribution in [2.75, 3.05) is 18.4 Å². The molecule has 0 unspecified atom stereocenters. The lowest BCUT2D eigenvalue weighted by molar-refractivity contribution is -0.122. The summed E-state index contributed by atoms with van der Waals surface area (Å²) < 4.78 is 0. The van der Waals surface area contributed by atoms with Gasteiger partial charge in [-0.2, -0.15) is 0 Å². The molecule has 184 valence electrons. The van der Waals surface area contributed by atoms with Crippen LogP contribution in [0, 0.1) is 0 Å². The monoisotopic (exact) mass is 498 g/mol. The van der Waals surface area contributed by atoms with E-state index in [2.05, 4.69) is 22.8 Å². The van der Waals surface area contributed by atoms with Crippen LogP contribution in [0.4, 0.5) is 11.4 Å². The molecule has 1 amide bonds. The highest BCUT2D eigenvalue weighted by atomic mass is 32.2. The van der Waals surface area contributed by atoms with Crippen molar-refractivity contribution >= 4 is 40.0 Å². The molecule has 36 heavy (non-hydrogen) atoms. The number of Topliss-reactive ketones (excluding diaryl/α,β-unsaturated/α-hetero) is 1. The van der Waals surface area contributed by atoms with E-state index < -0.39 is 0 Å². The number of hydrogen-bond donors (Lipinski definition) is 2. The van der Waals surface area contributed by atoms with Crippen molar-refractivity contribution in [1.82, 2.24) is 10.2 Å². The molecule has 0 radical (unpaired) electrons.